The van der Waals surface area contributed by atoms with Crippen LogP contribution in [-0.2, 0) is 19.6 Å². The van der Waals surface area contributed by atoms with Crippen LogP contribution in [0.4, 0.5) is 5.69 Å². The number of halogens is 1. The standard InChI is InChI=1S/C23H22ClN3O5S/c24-18-10-9-16(14-21(18)33(30,31)27-12-2-1-3-13-27)23(29)32-15-22(28)26-20-8-4-7-19-17(20)6-5-11-25-19/h4-11,14H,1-3,12-13,15H2,(H,26,28). The van der Waals surface area contributed by atoms with Gasteiger partial charge >= 0.3 is 5.97 Å². The van der Waals surface area contributed by atoms with Crippen molar-refractivity contribution in [3.63, 3.8) is 0 Å². The molecule has 10 heteroatoms. The molecule has 1 fully saturated rings. The molecule has 4 rings (SSSR count). The van der Waals surface area contributed by atoms with Crippen molar-refractivity contribution in [2.75, 3.05) is 25.0 Å². The number of carbonyl (C=O) groups is 2. The minimum Gasteiger partial charge on any atom is -0.452 e. The van der Waals surface area contributed by atoms with Gasteiger partial charge in [-0.2, -0.15) is 4.31 Å². The lowest BCUT2D eigenvalue weighted by molar-refractivity contribution is -0.119. The summed E-state index contributed by atoms with van der Waals surface area (Å²) in [6.07, 6.45) is 4.19. The number of aromatic nitrogens is 1. The number of pyridine rings is 1. The molecule has 1 amide bonds. The largest absolute Gasteiger partial charge is 0.452 e. The van der Waals surface area contributed by atoms with Crippen LogP contribution < -0.4 is 5.32 Å². The molecule has 2 aromatic carbocycles. The number of hydrogen-bond acceptors (Lipinski definition) is 6. The van der Waals surface area contributed by atoms with Crippen molar-refractivity contribution in [3.05, 3.63) is 65.3 Å². The Hall–Kier alpha value is -3.01. The number of nitrogens with one attached hydrogen (secondary N) is 1. The van der Waals surface area contributed by atoms with Gasteiger partial charge in [-0.05, 0) is 55.3 Å². The first-order valence-electron chi connectivity index (χ1n) is 10.5. The predicted molar refractivity (Wildman–Crippen MR) is 125 cm³/mol. The number of fused-ring (bicyclic) bond motifs is 1. The van der Waals surface area contributed by atoms with E-state index in [4.69, 9.17) is 16.3 Å². The predicted octanol–water partition coefficient (Wildman–Crippen LogP) is 3.86. The quantitative estimate of drug-likeness (QED) is 0.529. The van der Waals surface area contributed by atoms with Gasteiger partial charge in [-0.1, -0.05) is 24.1 Å². The zero-order chi connectivity index (χ0) is 23.4. The van der Waals surface area contributed by atoms with Crippen LogP contribution in [0.2, 0.25) is 5.02 Å². The van der Waals surface area contributed by atoms with E-state index in [9.17, 15) is 18.0 Å². The molecule has 0 atom stereocenters. The Bertz CT molecular complexity index is 1300. The molecule has 1 N–H and O–H groups in total. The molecule has 33 heavy (non-hydrogen) atoms. The van der Waals surface area contributed by atoms with Crippen molar-refractivity contribution in [2.24, 2.45) is 0 Å². The van der Waals surface area contributed by atoms with Crippen molar-refractivity contribution >= 4 is 50.1 Å². The summed E-state index contributed by atoms with van der Waals surface area (Å²) in [5.41, 5.74) is 1.26. The number of anilines is 1. The number of hydrogen-bond donors (Lipinski definition) is 1. The van der Waals surface area contributed by atoms with E-state index in [-0.39, 0.29) is 15.5 Å². The number of ether oxygens (including phenoxy) is 1. The lowest BCUT2D eigenvalue weighted by Gasteiger charge is -2.26. The van der Waals surface area contributed by atoms with Crippen molar-refractivity contribution < 1.29 is 22.7 Å². The summed E-state index contributed by atoms with van der Waals surface area (Å²) in [5.74, 6) is -1.36. The van der Waals surface area contributed by atoms with E-state index in [1.54, 1.807) is 24.4 Å². The fourth-order valence-electron chi connectivity index (χ4n) is 3.69. The van der Waals surface area contributed by atoms with Crippen LogP contribution in [0.5, 0.6) is 0 Å². The summed E-state index contributed by atoms with van der Waals surface area (Å²) in [6.45, 7) is 0.292. The minimum absolute atomic E-state index is 0.00264. The molecule has 1 saturated heterocycles. The molecule has 0 saturated carbocycles. The summed E-state index contributed by atoms with van der Waals surface area (Å²) in [5, 5.41) is 3.48. The van der Waals surface area contributed by atoms with Crippen LogP contribution >= 0.6 is 11.6 Å². The SMILES string of the molecule is O=C(COC(=O)c1ccc(Cl)c(S(=O)(=O)N2CCCCC2)c1)Nc1cccc2ncccc12. The number of nitrogens with zero attached hydrogens (tertiary/aromatic N) is 2. The van der Waals surface area contributed by atoms with E-state index < -0.39 is 28.5 Å². The topological polar surface area (TPSA) is 106 Å². The zero-order valence-electron chi connectivity index (χ0n) is 17.7. The van der Waals surface area contributed by atoms with Crippen LogP contribution in [0.25, 0.3) is 10.9 Å². The first kappa shape index (κ1) is 23.2. The fraction of sp³-hybridized carbons (Fsp3) is 0.261. The van der Waals surface area contributed by atoms with Gasteiger partial charge in [0.05, 0.1) is 21.8 Å². The molecule has 3 aromatic rings. The van der Waals surface area contributed by atoms with Gasteiger partial charge in [0.25, 0.3) is 5.91 Å². The van der Waals surface area contributed by atoms with Gasteiger partial charge < -0.3 is 10.1 Å². The summed E-state index contributed by atoms with van der Waals surface area (Å²) in [4.78, 5) is 28.9. The summed E-state index contributed by atoms with van der Waals surface area (Å²) >= 11 is 6.14. The molecule has 0 unspecified atom stereocenters. The van der Waals surface area contributed by atoms with Gasteiger partial charge in [0, 0.05) is 24.7 Å². The Morgan fingerprint density at radius 3 is 2.64 bits per heavy atom. The van der Waals surface area contributed by atoms with E-state index in [1.807, 2.05) is 12.1 Å². The highest BCUT2D eigenvalue weighted by atomic mass is 35.5. The number of esters is 1. The molecule has 0 aliphatic carbocycles. The van der Waals surface area contributed by atoms with Crippen molar-refractivity contribution in [3.8, 4) is 0 Å². The van der Waals surface area contributed by atoms with Crippen LogP contribution in [0, 0.1) is 0 Å². The maximum absolute atomic E-state index is 13.0. The molecule has 0 bridgehead atoms. The Labute approximate surface area is 196 Å². The summed E-state index contributed by atoms with van der Waals surface area (Å²) in [6, 6.07) is 12.8. The van der Waals surface area contributed by atoms with Gasteiger partial charge in [0.2, 0.25) is 10.0 Å². The highest BCUT2D eigenvalue weighted by molar-refractivity contribution is 7.89. The van der Waals surface area contributed by atoms with Crippen molar-refractivity contribution in [1.82, 2.24) is 9.29 Å². The van der Waals surface area contributed by atoms with E-state index in [0.29, 0.717) is 18.8 Å². The smallest absolute Gasteiger partial charge is 0.338 e. The fourth-order valence-corrected chi connectivity index (χ4v) is 5.70. The maximum Gasteiger partial charge on any atom is 0.338 e. The average Bonchev–Trinajstić information content (AvgIpc) is 2.83. The second-order valence-corrected chi connectivity index (χ2v) is 9.92. The number of rotatable bonds is 6. The molecule has 8 nitrogen and oxygen atoms in total. The first-order chi connectivity index (χ1) is 15.9. The monoisotopic (exact) mass is 487 g/mol. The van der Waals surface area contributed by atoms with Crippen molar-refractivity contribution in [1.29, 1.82) is 0 Å². The normalized spacial score (nSPS) is 14.7. The third-order valence-corrected chi connectivity index (χ3v) is 7.73. The molecular formula is C23H22ClN3O5S. The van der Waals surface area contributed by atoms with Gasteiger partial charge in [0.1, 0.15) is 4.90 Å². The second-order valence-electron chi connectivity index (χ2n) is 7.61. The summed E-state index contributed by atoms with van der Waals surface area (Å²) in [7, 11) is -3.83. The molecule has 0 spiro atoms. The van der Waals surface area contributed by atoms with E-state index in [2.05, 4.69) is 10.3 Å². The molecule has 1 aliphatic heterocycles. The van der Waals surface area contributed by atoms with Gasteiger partial charge in [0.15, 0.2) is 6.61 Å². The van der Waals surface area contributed by atoms with Crippen LogP contribution in [0.15, 0.2) is 59.6 Å². The molecule has 1 aromatic heterocycles. The van der Waals surface area contributed by atoms with E-state index in [0.717, 1.165) is 30.2 Å². The Morgan fingerprint density at radius 1 is 1.06 bits per heavy atom. The summed E-state index contributed by atoms with van der Waals surface area (Å²) < 4.78 is 32.4. The number of amides is 1. The van der Waals surface area contributed by atoms with Crippen LogP contribution in [0.1, 0.15) is 29.6 Å². The van der Waals surface area contributed by atoms with Crippen LogP contribution in [-0.4, -0.2) is 49.3 Å². The van der Waals surface area contributed by atoms with Crippen LogP contribution in [0.3, 0.4) is 0 Å². The maximum atomic E-state index is 13.0. The van der Waals surface area contributed by atoms with Gasteiger partial charge in [-0.25, -0.2) is 13.2 Å². The molecule has 172 valence electrons. The number of sulfonamides is 1. The van der Waals surface area contributed by atoms with E-state index in [1.165, 1.54) is 22.5 Å². The average molecular weight is 488 g/mol. The number of benzene rings is 2. The Kier molecular flexibility index (Phi) is 6.92. The van der Waals surface area contributed by atoms with Crippen molar-refractivity contribution in [2.45, 2.75) is 24.2 Å². The van der Waals surface area contributed by atoms with Gasteiger partial charge in [-0.15, -0.1) is 0 Å². The number of piperidine rings is 1. The lowest BCUT2D eigenvalue weighted by Crippen LogP contribution is -2.35. The molecule has 2 heterocycles. The minimum atomic E-state index is -3.83. The van der Waals surface area contributed by atoms with E-state index >= 15 is 0 Å². The number of carbonyl (C=O) groups excluding carboxylic acids is 2. The molecular weight excluding hydrogens is 466 g/mol. The third kappa shape index (κ3) is 5.16. The van der Waals surface area contributed by atoms with Gasteiger partial charge in [-0.3, -0.25) is 9.78 Å². The first-order valence-corrected chi connectivity index (χ1v) is 12.3. The Balaban J connectivity index is 1.44. The second kappa shape index (κ2) is 9.86. The molecule has 1 aliphatic rings. The molecule has 0 radical (unpaired) electrons. The zero-order valence-corrected chi connectivity index (χ0v) is 19.2. The lowest BCUT2D eigenvalue weighted by atomic mass is 10.2. The highest BCUT2D eigenvalue weighted by Crippen LogP contribution is 2.28. The highest BCUT2D eigenvalue weighted by Gasteiger charge is 2.29. The Morgan fingerprint density at radius 2 is 1.85 bits per heavy atom. The third-order valence-electron chi connectivity index (χ3n) is 5.35.